The molecule has 0 radical (unpaired) electrons. The standard InChI is InChI=1S/C12H12O3Si.C10H12O/c13-9-5-1-3-7-11(9)15-16-12-8-4-2-6-10(12)14;1-3-4-9-5-6-10(11)8(2)7-9/h1-8,13-14H,16H2;3,5-7,11H,1,4H2,2H3. The van der Waals surface area contributed by atoms with E-state index >= 15 is 0 Å². The van der Waals surface area contributed by atoms with Crippen LogP contribution in [0.2, 0.25) is 0 Å². The van der Waals surface area contributed by atoms with Gasteiger partial charge < -0.3 is 19.7 Å². The van der Waals surface area contributed by atoms with Gasteiger partial charge in [-0.05, 0) is 48.7 Å². The van der Waals surface area contributed by atoms with Gasteiger partial charge in [0, 0.05) is 5.19 Å². The van der Waals surface area contributed by atoms with Gasteiger partial charge in [0.1, 0.15) is 17.2 Å². The van der Waals surface area contributed by atoms with E-state index in [1.807, 2.05) is 37.3 Å². The van der Waals surface area contributed by atoms with E-state index < -0.39 is 9.76 Å². The molecule has 0 aliphatic rings. The molecular formula is C22H24O4Si. The van der Waals surface area contributed by atoms with Crippen molar-refractivity contribution >= 4 is 14.9 Å². The molecule has 4 nitrogen and oxygen atoms in total. The highest BCUT2D eigenvalue weighted by Crippen LogP contribution is 2.23. The van der Waals surface area contributed by atoms with Crippen molar-refractivity contribution in [2.24, 2.45) is 0 Å². The van der Waals surface area contributed by atoms with Crippen LogP contribution in [0.3, 0.4) is 0 Å². The Morgan fingerprint density at radius 1 is 0.889 bits per heavy atom. The molecule has 0 bridgehead atoms. The third-order valence-electron chi connectivity index (χ3n) is 3.88. The van der Waals surface area contributed by atoms with Gasteiger partial charge in [-0.1, -0.05) is 48.5 Å². The van der Waals surface area contributed by atoms with E-state index in [0.29, 0.717) is 11.5 Å². The largest absolute Gasteiger partial charge is 0.542 e. The third-order valence-corrected chi connectivity index (χ3v) is 5.25. The van der Waals surface area contributed by atoms with Crippen molar-refractivity contribution in [1.29, 1.82) is 0 Å². The second-order valence-electron chi connectivity index (χ2n) is 6.00. The van der Waals surface area contributed by atoms with Gasteiger partial charge in [0.2, 0.25) is 0 Å². The first-order chi connectivity index (χ1) is 13.0. The zero-order valence-electron chi connectivity index (χ0n) is 15.3. The molecule has 0 aromatic heterocycles. The lowest BCUT2D eigenvalue weighted by Crippen LogP contribution is -2.20. The molecule has 0 heterocycles. The average molecular weight is 381 g/mol. The van der Waals surface area contributed by atoms with E-state index in [4.69, 9.17) is 4.43 Å². The van der Waals surface area contributed by atoms with Crippen molar-refractivity contribution in [1.82, 2.24) is 0 Å². The van der Waals surface area contributed by atoms with E-state index in [1.54, 1.807) is 42.5 Å². The van der Waals surface area contributed by atoms with Gasteiger partial charge in [0.05, 0.1) is 0 Å². The highest BCUT2D eigenvalue weighted by atomic mass is 28.2. The van der Waals surface area contributed by atoms with Crippen LogP contribution in [0.1, 0.15) is 11.1 Å². The number of phenols is 3. The van der Waals surface area contributed by atoms with Crippen molar-refractivity contribution in [3.63, 3.8) is 0 Å². The molecule has 0 saturated carbocycles. The van der Waals surface area contributed by atoms with Crippen LogP contribution in [0, 0.1) is 6.92 Å². The molecule has 3 aromatic rings. The number of hydrogen-bond acceptors (Lipinski definition) is 4. The van der Waals surface area contributed by atoms with Crippen LogP contribution in [0.15, 0.2) is 79.4 Å². The highest BCUT2D eigenvalue weighted by Gasteiger charge is 2.04. The summed E-state index contributed by atoms with van der Waals surface area (Å²) in [5, 5.41) is 29.1. The number of aryl methyl sites for hydroxylation is 1. The van der Waals surface area contributed by atoms with Gasteiger partial charge in [-0.3, -0.25) is 0 Å². The highest BCUT2D eigenvalue weighted by molar-refractivity contribution is 6.49. The van der Waals surface area contributed by atoms with Crippen LogP contribution in [0.25, 0.3) is 0 Å². The van der Waals surface area contributed by atoms with Crippen LogP contribution in [0.4, 0.5) is 0 Å². The van der Waals surface area contributed by atoms with Crippen molar-refractivity contribution in [3.05, 3.63) is 90.5 Å². The first-order valence-corrected chi connectivity index (χ1v) is 9.86. The SMILES string of the molecule is C=CCc1ccc(O)c(C)c1.Oc1ccccc1O[SiH2]c1ccccc1O. The lowest BCUT2D eigenvalue weighted by atomic mass is 10.1. The maximum absolute atomic E-state index is 9.55. The molecule has 0 amide bonds. The predicted octanol–water partition coefficient (Wildman–Crippen LogP) is 3.32. The normalized spacial score (nSPS) is 10.3. The van der Waals surface area contributed by atoms with Gasteiger partial charge >= 0.3 is 0 Å². The van der Waals surface area contributed by atoms with Crippen LogP contribution in [-0.4, -0.2) is 25.1 Å². The molecule has 0 unspecified atom stereocenters. The first-order valence-electron chi connectivity index (χ1n) is 8.58. The van der Waals surface area contributed by atoms with Crippen molar-refractivity contribution in [2.45, 2.75) is 13.3 Å². The maximum Gasteiger partial charge on any atom is 0.255 e. The number of hydrogen-bond donors (Lipinski definition) is 3. The molecule has 0 atom stereocenters. The Morgan fingerprint density at radius 3 is 2.19 bits per heavy atom. The fourth-order valence-electron chi connectivity index (χ4n) is 2.38. The molecule has 0 fully saturated rings. The minimum Gasteiger partial charge on any atom is -0.542 e. The summed E-state index contributed by atoms with van der Waals surface area (Å²) in [7, 11) is -1.07. The Bertz CT molecular complexity index is 847. The zero-order chi connectivity index (χ0) is 19.6. The Morgan fingerprint density at radius 2 is 1.56 bits per heavy atom. The molecule has 0 saturated heterocycles. The first kappa shape index (κ1) is 20.1. The molecule has 3 aromatic carbocycles. The fourth-order valence-corrected chi connectivity index (χ4v) is 3.43. The van der Waals surface area contributed by atoms with Crippen LogP contribution >= 0.6 is 0 Å². The number of para-hydroxylation sites is 3. The van der Waals surface area contributed by atoms with Crippen molar-refractivity contribution < 1.29 is 19.7 Å². The number of phenolic OH excluding ortho intramolecular Hbond substituents is 3. The third kappa shape index (κ3) is 6.24. The number of rotatable bonds is 5. The number of allylic oxidation sites excluding steroid dienone is 1. The molecule has 27 heavy (non-hydrogen) atoms. The molecule has 0 aliphatic carbocycles. The van der Waals surface area contributed by atoms with Crippen molar-refractivity contribution in [3.8, 4) is 23.0 Å². The fraction of sp³-hybridized carbons (Fsp3) is 0.0909. The minimum absolute atomic E-state index is 0.130. The Kier molecular flexibility index (Phi) is 7.52. The monoisotopic (exact) mass is 380 g/mol. The number of benzene rings is 3. The topological polar surface area (TPSA) is 69.9 Å². The van der Waals surface area contributed by atoms with E-state index in [1.165, 1.54) is 5.56 Å². The van der Waals surface area contributed by atoms with Crippen LogP contribution in [0.5, 0.6) is 23.0 Å². The Balaban J connectivity index is 0.000000208. The second-order valence-corrected chi connectivity index (χ2v) is 7.34. The quantitative estimate of drug-likeness (QED) is 0.469. The smallest absolute Gasteiger partial charge is 0.255 e. The molecule has 3 rings (SSSR count). The second kappa shape index (κ2) is 10.1. The van der Waals surface area contributed by atoms with E-state index in [-0.39, 0.29) is 11.5 Å². The summed E-state index contributed by atoms with van der Waals surface area (Å²) in [5.41, 5.74) is 2.11. The summed E-state index contributed by atoms with van der Waals surface area (Å²) in [5.74, 6) is 1.21. The lowest BCUT2D eigenvalue weighted by Gasteiger charge is -2.08. The molecule has 140 valence electrons. The summed E-state index contributed by atoms with van der Waals surface area (Å²) in [6.45, 7) is 5.54. The van der Waals surface area contributed by atoms with Crippen LogP contribution < -0.4 is 9.61 Å². The van der Waals surface area contributed by atoms with Gasteiger partial charge in [0.25, 0.3) is 9.76 Å². The summed E-state index contributed by atoms with van der Waals surface area (Å²) >= 11 is 0. The predicted molar refractivity (Wildman–Crippen MR) is 112 cm³/mol. The summed E-state index contributed by atoms with van der Waals surface area (Å²) in [6, 6.07) is 19.5. The Hall–Kier alpha value is -3.18. The maximum atomic E-state index is 9.55. The van der Waals surface area contributed by atoms with Crippen molar-refractivity contribution in [2.75, 3.05) is 0 Å². The van der Waals surface area contributed by atoms with Gasteiger partial charge in [-0.15, -0.1) is 6.58 Å². The average Bonchev–Trinajstić information content (AvgIpc) is 2.66. The number of aromatic hydroxyl groups is 3. The molecule has 0 aliphatic heterocycles. The molecule has 3 N–H and O–H groups in total. The summed E-state index contributed by atoms with van der Waals surface area (Å²) in [6.07, 6.45) is 2.72. The lowest BCUT2D eigenvalue weighted by molar-refractivity contribution is 0.443. The van der Waals surface area contributed by atoms with Gasteiger partial charge in [-0.25, -0.2) is 0 Å². The summed E-state index contributed by atoms with van der Waals surface area (Å²) < 4.78 is 5.53. The molecule has 5 heteroatoms. The Labute approximate surface area is 162 Å². The molecule has 0 spiro atoms. The minimum atomic E-state index is -1.07. The summed E-state index contributed by atoms with van der Waals surface area (Å²) in [4.78, 5) is 0. The van der Waals surface area contributed by atoms with Crippen LogP contribution in [-0.2, 0) is 6.42 Å². The van der Waals surface area contributed by atoms with Gasteiger partial charge in [0.15, 0.2) is 5.75 Å². The van der Waals surface area contributed by atoms with E-state index in [0.717, 1.165) is 17.2 Å². The van der Waals surface area contributed by atoms with E-state index in [9.17, 15) is 15.3 Å². The van der Waals surface area contributed by atoms with Gasteiger partial charge in [-0.2, -0.15) is 0 Å². The molecular weight excluding hydrogens is 356 g/mol. The zero-order valence-corrected chi connectivity index (χ0v) is 16.7. The van der Waals surface area contributed by atoms with E-state index in [2.05, 4.69) is 6.58 Å².